The molecule has 7 heteroatoms. The van der Waals surface area contributed by atoms with Crippen molar-refractivity contribution in [2.24, 2.45) is 5.92 Å². The minimum absolute atomic E-state index is 0.123. The number of aliphatic carboxylic acids is 1. The van der Waals surface area contributed by atoms with Crippen molar-refractivity contribution in [3.63, 3.8) is 0 Å². The molecule has 0 radical (unpaired) electrons. The lowest BCUT2D eigenvalue weighted by Gasteiger charge is -2.18. The van der Waals surface area contributed by atoms with E-state index in [1.165, 1.54) is 0 Å². The number of nitrogens with one attached hydrogen (secondary N) is 1. The summed E-state index contributed by atoms with van der Waals surface area (Å²) in [6.45, 7) is 0. The summed E-state index contributed by atoms with van der Waals surface area (Å²) >= 11 is 0. The molecule has 25 heavy (non-hydrogen) atoms. The number of hydrogen-bond acceptors (Lipinski definition) is 4. The lowest BCUT2D eigenvalue weighted by molar-refractivity contribution is -0.142. The van der Waals surface area contributed by atoms with Crippen LogP contribution in [0.1, 0.15) is 18.4 Å². The zero-order chi connectivity index (χ0) is 18.9. The fraction of sp³-hybridized carbons (Fsp3) is 0.333. The van der Waals surface area contributed by atoms with Crippen molar-refractivity contribution in [3.8, 4) is 24.7 Å². The second kappa shape index (κ2) is 9.51. The van der Waals surface area contributed by atoms with Gasteiger partial charge < -0.3 is 10.4 Å². The van der Waals surface area contributed by atoms with Crippen molar-refractivity contribution >= 4 is 21.7 Å². The van der Waals surface area contributed by atoms with E-state index in [4.69, 9.17) is 18.0 Å². The third kappa shape index (κ3) is 7.11. The average molecular weight is 361 g/mol. The van der Waals surface area contributed by atoms with Crippen LogP contribution in [-0.4, -0.2) is 37.2 Å². The summed E-state index contributed by atoms with van der Waals surface area (Å²) in [5.74, 6) is 0.634. The van der Waals surface area contributed by atoms with Gasteiger partial charge in [0.2, 0.25) is 5.91 Å². The number of carboxylic acid groups (broad SMARTS) is 1. The van der Waals surface area contributed by atoms with Crippen LogP contribution >= 0.6 is 0 Å². The normalized spacial score (nSPS) is 13.0. The number of amides is 1. The Bertz CT molecular complexity index is 787. The standard InChI is InChI=1S/C18H19NO5S/c1-3-8-15(17(20)19-16(9-4-2)18(21)22)13-25(23,24)12-14-10-6-5-7-11-14/h1-2,5-7,10-11,15-16H,8-9,12-13H2,(H,19,20)(H,21,22)/t15-,16-/m0/s1. The number of carboxylic acids is 1. The summed E-state index contributed by atoms with van der Waals surface area (Å²) in [5, 5.41) is 11.3. The second-order valence-corrected chi connectivity index (χ2v) is 7.56. The molecule has 0 unspecified atom stereocenters. The van der Waals surface area contributed by atoms with Gasteiger partial charge in [0.05, 0.1) is 17.4 Å². The Morgan fingerprint density at radius 1 is 1.12 bits per heavy atom. The number of carbonyl (C=O) groups excluding carboxylic acids is 1. The molecule has 6 nitrogen and oxygen atoms in total. The molecular formula is C18H19NO5S. The predicted molar refractivity (Wildman–Crippen MR) is 93.9 cm³/mol. The van der Waals surface area contributed by atoms with Crippen LogP contribution < -0.4 is 5.32 Å². The van der Waals surface area contributed by atoms with E-state index in [0.717, 1.165) is 0 Å². The van der Waals surface area contributed by atoms with E-state index in [1.54, 1.807) is 30.3 Å². The van der Waals surface area contributed by atoms with Gasteiger partial charge in [0.25, 0.3) is 0 Å². The van der Waals surface area contributed by atoms with Gasteiger partial charge in [0.15, 0.2) is 9.84 Å². The zero-order valence-corrected chi connectivity index (χ0v) is 14.3. The highest BCUT2D eigenvalue weighted by Crippen LogP contribution is 2.13. The number of benzene rings is 1. The molecule has 1 rings (SSSR count). The molecule has 1 aromatic carbocycles. The van der Waals surface area contributed by atoms with E-state index in [0.29, 0.717) is 5.56 Å². The number of terminal acetylenes is 2. The maximum atomic E-state index is 12.3. The summed E-state index contributed by atoms with van der Waals surface area (Å²) in [6.07, 6.45) is 9.96. The molecule has 132 valence electrons. The minimum atomic E-state index is -3.61. The Labute approximate surface area is 147 Å². The van der Waals surface area contributed by atoms with Crippen molar-refractivity contribution in [1.29, 1.82) is 0 Å². The molecule has 2 N–H and O–H groups in total. The monoisotopic (exact) mass is 361 g/mol. The van der Waals surface area contributed by atoms with Crippen LogP contribution in [-0.2, 0) is 25.2 Å². The molecule has 0 fully saturated rings. The lowest BCUT2D eigenvalue weighted by atomic mass is 10.1. The van der Waals surface area contributed by atoms with Crippen molar-refractivity contribution in [2.75, 3.05) is 5.75 Å². The average Bonchev–Trinajstić information content (AvgIpc) is 2.54. The van der Waals surface area contributed by atoms with E-state index in [1.807, 2.05) is 0 Å². The SMILES string of the molecule is C#CC[C@@H](CS(=O)(=O)Cc1ccccc1)C(=O)N[C@@H](CC#C)C(=O)O. The molecule has 0 aliphatic carbocycles. The van der Waals surface area contributed by atoms with Crippen LogP contribution in [0.5, 0.6) is 0 Å². The fourth-order valence-corrected chi connectivity index (χ4v) is 3.87. The topological polar surface area (TPSA) is 101 Å². The Morgan fingerprint density at radius 3 is 2.24 bits per heavy atom. The van der Waals surface area contributed by atoms with Gasteiger partial charge in [0, 0.05) is 12.8 Å². The van der Waals surface area contributed by atoms with Crippen molar-refractivity contribution < 1.29 is 23.1 Å². The highest BCUT2D eigenvalue weighted by Gasteiger charge is 2.28. The van der Waals surface area contributed by atoms with Gasteiger partial charge in [-0.3, -0.25) is 4.79 Å². The van der Waals surface area contributed by atoms with Crippen LogP contribution in [0, 0.1) is 30.6 Å². The zero-order valence-electron chi connectivity index (χ0n) is 13.5. The molecule has 0 spiro atoms. The number of hydrogen-bond donors (Lipinski definition) is 2. The Kier molecular flexibility index (Phi) is 7.71. The van der Waals surface area contributed by atoms with Crippen molar-refractivity contribution in [3.05, 3.63) is 35.9 Å². The highest BCUT2D eigenvalue weighted by molar-refractivity contribution is 7.90. The van der Waals surface area contributed by atoms with E-state index >= 15 is 0 Å². The molecule has 0 aliphatic rings. The molecular weight excluding hydrogens is 342 g/mol. The molecule has 0 saturated heterocycles. The van der Waals surface area contributed by atoms with Gasteiger partial charge in [-0.25, -0.2) is 13.2 Å². The third-order valence-electron chi connectivity index (χ3n) is 3.36. The van der Waals surface area contributed by atoms with Gasteiger partial charge in [-0.2, -0.15) is 0 Å². The van der Waals surface area contributed by atoms with E-state index < -0.39 is 39.4 Å². The van der Waals surface area contributed by atoms with Crippen LogP contribution in [0.3, 0.4) is 0 Å². The summed E-state index contributed by atoms with van der Waals surface area (Å²) in [6, 6.07) is 7.25. The van der Waals surface area contributed by atoms with Gasteiger partial charge >= 0.3 is 5.97 Å². The second-order valence-electron chi connectivity index (χ2n) is 5.45. The van der Waals surface area contributed by atoms with Gasteiger partial charge in [-0.05, 0) is 5.56 Å². The Hall–Kier alpha value is -2.77. The fourth-order valence-electron chi connectivity index (χ4n) is 2.17. The minimum Gasteiger partial charge on any atom is -0.480 e. The summed E-state index contributed by atoms with van der Waals surface area (Å²) in [5.41, 5.74) is 0.595. The third-order valence-corrected chi connectivity index (χ3v) is 5.04. The molecule has 0 aromatic heterocycles. The molecule has 1 amide bonds. The first kappa shape index (κ1) is 20.3. The number of rotatable bonds is 9. The summed E-state index contributed by atoms with van der Waals surface area (Å²) in [7, 11) is -3.61. The highest BCUT2D eigenvalue weighted by atomic mass is 32.2. The molecule has 0 heterocycles. The Balaban J connectivity index is 2.85. The van der Waals surface area contributed by atoms with Crippen LogP contribution in [0.15, 0.2) is 30.3 Å². The Morgan fingerprint density at radius 2 is 1.72 bits per heavy atom. The maximum absolute atomic E-state index is 12.3. The maximum Gasteiger partial charge on any atom is 0.327 e. The van der Waals surface area contributed by atoms with E-state index in [-0.39, 0.29) is 18.6 Å². The van der Waals surface area contributed by atoms with Gasteiger partial charge in [-0.1, -0.05) is 30.3 Å². The number of carbonyl (C=O) groups is 2. The van der Waals surface area contributed by atoms with E-state index in [9.17, 15) is 18.0 Å². The first-order chi connectivity index (χ1) is 11.8. The number of sulfone groups is 1. The molecule has 0 aliphatic heterocycles. The van der Waals surface area contributed by atoms with Crippen LogP contribution in [0.25, 0.3) is 0 Å². The quantitative estimate of drug-likeness (QED) is 0.635. The smallest absolute Gasteiger partial charge is 0.327 e. The molecule has 2 atom stereocenters. The van der Waals surface area contributed by atoms with E-state index in [2.05, 4.69) is 17.2 Å². The van der Waals surface area contributed by atoms with Gasteiger partial charge in [-0.15, -0.1) is 24.7 Å². The lowest BCUT2D eigenvalue weighted by Crippen LogP contribution is -2.45. The van der Waals surface area contributed by atoms with Gasteiger partial charge in [0.1, 0.15) is 6.04 Å². The van der Waals surface area contributed by atoms with Crippen LogP contribution in [0.4, 0.5) is 0 Å². The summed E-state index contributed by atoms with van der Waals surface area (Å²) < 4.78 is 24.7. The first-order valence-electron chi connectivity index (χ1n) is 7.43. The molecule has 0 bridgehead atoms. The summed E-state index contributed by atoms with van der Waals surface area (Å²) in [4.78, 5) is 23.3. The molecule has 0 saturated carbocycles. The molecule has 1 aromatic rings. The predicted octanol–water partition coefficient (Wildman–Crippen LogP) is 0.834. The van der Waals surface area contributed by atoms with Crippen molar-refractivity contribution in [2.45, 2.75) is 24.6 Å². The van der Waals surface area contributed by atoms with Crippen LogP contribution in [0.2, 0.25) is 0 Å². The largest absolute Gasteiger partial charge is 0.480 e. The first-order valence-corrected chi connectivity index (χ1v) is 9.25. The van der Waals surface area contributed by atoms with Crippen molar-refractivity contribution in [1.82, 2.24) is 5.32 Å².